The SMILES string of the molecule is FCC(F)C(F)C[C](F)F. The minimum atomic E-state index is -2.43. The molecule has 0 rings (SSSR count). The molecule has 0 aromatic rings. The van der Waals surface area contributed by atoms with Crippen molar-refractivity contribution in [2.75, 3.05) is 6.67 Å². The van der Waals surface area contributed by atoms with Gasteiger partial charge in [-0.1, -0.05) is 0 Å². The monoisotopic (exact) mass is 161 g/mol. The Morgan fingerprint density at radius 2 is 1.60 bits per heavy atom. The summed E-state index contributed by atoms with van der Waals surface area (Å²) in [6, 6.07) is 0. The van der Waals surface area contributed by atoms with Crippen LogP contribution in [0.1, 0.15) is 6.42 Å². The van der Waals surface area contributed by atoms with Crippen LogP contribution in [0.2, 0.25) is 0 Å². The summed E-state index contributed by atoms with van der Waals surface area (Å²) in [4.78, 5) is 0. The molecule has 0 amide bonds. The smallest absolute Gasteiger partial charge is 0.248 e. The summed E-state index contributed by atoms with van der Waals surface area (Å²) in [5, 5.41) is 0. The molecule has 1 radical (unpaired) electrons. The Kier molecular flexibility index (Phi) is 4.31. The lowest BCUT2D eigenvalue weighted by atomic mass is 10.2. The topological polar surface area (TPSA) is 0 Å². The lowest BCUT2D eigenvalue weighted by Gasteiger charge is -2.07. The molecule has 0 saturated carbocycles. The van der Waals surface area contributed by atoms with E-state index in [1.54, 1.807) is 0 Å². The minimum absolute atomic E-state index is 1.31. The molecule has 5 heteroatoms. The number of alkyl halides is 3. The fraction of sp³-hybridized carbons (Fsp3) is 0.800. The summed E-state index contributed by atoms with van der Waals surface area (Å²) >= 11 is 0. The van der Waals surface area contributed by atoms with Crippen molar-refractivity contribution < 1.29 is 22.0 Å². The van der Waals surface area contributed by atoms with Crippen molar-refractivity contribution in [3.8, 4) is 0 Å². The van der Waals surface area contributed by atoms with E-state index in [0.717, 1.165) is 0 Å². The maximum atomic E-state index is 11.9. The van der Waals surface area contributed by atoms with E-state index in [-0.39, 0.29) is 0 Å². The Balaban J connectivity index is 3.50. The van der Waals surface area contributed by atoms with Crippen LogP contribution in [0.5, 0.6) is 0 Å². The van der Waals surface area contributed by atoms with Crippen LogP contribution in [0.4, 0.5) is 22.0 Å². The summed E-state index contributed by atoms with van der Waals surface area (Å²) in [7, 11) is 0. The molecule has 2 atom stereocenters. The lowest BCUT2D eigenvalue weighted by Crippen LogP contribution is -2.19. The first-order valence-electron chi connectivity index (χ1n) is 2.59. The first kappa shape index (κ1) is 9.65. The molecule has 0 aliphatic heterocycles. The largest absolute Gasteiger partial charge is 0.313 e. The third-order valence-corrected chi connectivity index (χ3v) is 0.889. The van der Waals surface area contributed by atoms with Gasteiger partial charge in [-0.15, -0.1) is 0 Å². The van der Waals surface area contributed by atoms with E-state index in [4.69, 9.17) is 0 Å². The zero-order valence-corrected chi connectivity index (χ0v) is 4.96. The van der Waals surface area contributed by atoms with Gasteiger partial charge in [-0.3, -0.25) is 0 Å². The highest BCUT2D eigenvalue weighted by Crippen LogP contribution is 2.18. The third-order valence-electron chi connectivity index (χ3n) is 0.889. The van der Waals surface area contributed by atoms with Crippen molar-refractivity contribution in [2.24, 2.45) is 0 Å². The Bertz CT molecular complexity index is 84.1. The second-order valence-electron chi connectivity index (χ2n) is 1.73. The van der Waals surface area contributed by atoms with Gasteiger partial charge in [-0.05, 0) is 0 Å². The summed E-state index contributed by atoms with van der Waals surface area (Å²) in [5.74, 6) is 0. The van der Waals surface area contributed by atoms with E-state index >= 15 is 0 Å². The predicted molar refractivity (Wildman–Crippen MR) is 25.8 cm³/mol. The van der Waals surface area contributed by atoms with Gasteiger partial charge < -0.3 is 0 Å². The van der Waals surface area contributed by atoms with E-state index in [2.05, 4.69) is 0 Å². The second kappa shape index (κ2) is 4.46. The van der Waals surface area contributed by atoms with Crippen molar-refractivity contribution in [2.45, 2.75) is 18.8 Å². The van der Waals surface area contributed by atoms with Gasteiger partial charge in [0.15, 0.2) is 6.17 Å². The van der Waals surface area contributed by atoms with Crippen LogP contribution in [0.25, 0.3) is 0 Å². The molecular weight excluding hydrogens is 155 g/mol. The number of hydrogen-bond donors (Lipinski definition) is 0. The molecule has 0 aliphatic carbocycles. The maximum Gasteiger partial charge on any atom is 0.313 e. The summed E-state index contributed by atoms with van der Waals surface area (Å²) in [6.45, 7) is -1.56. The zero-order valence-electron chi connectivity index (χ0n) is 4.96. The number of rotatable bonds is 4. The predicted octanol–water partition coefficient (Wildman–Crippen LogP) is 2.45. The van der Waals surface area contributed by atoms with Crippen LogP contribution in [-0.2, 0) is 0 Å². The molecule has 2 unspecified atom stereocenters. The van der Waals surface area contributed by atoms with Crippen LogP contribution in [0, 0.1) is 6.43 Å². The molecule has 61 valence electrons. The van der Waals surface area contributed by atoms with Crippen LogP contribution < -0.4 is 0 Å². The summed E-state index contributed by atoms with van der Waals surface area (Å²) < 4.78 is 57.3. The molecule has 0 aromatic carbocycles. The van der Waals surface area contributed by atoms with Gasteiger partial charge in [-0.2, -0.15) is 8.78 Å². The number of hydrogen-bond acceptors (Lipinski definition) is 0. The fourth-order valence-electron chi connectivity index (χ4n) is 0.372. The molecule has 0 spiro atoms. The summed E-state index contributed by atoms with van der Waals surface area (Å²) in [5.41, 5.74) is 0. The average molecular weight is 161 g/mol. The van der Waals surface area contributed by atoms with Crippen LogP contribution in [-0.4, -0.2) is 19.0 Å². The van der Waals surface area contributed by atoms with E-state index in [1.165, 1.54) is 0 Å². The van der Waals surface area contributed by atoms with Crippen LogP contribution in [0.15, 0.2) is 0 Å². The first-order valence-corrected chi connectivity index (χ1v) is 2.59. The average Bonchev–Trinajstić information content (AvgIpc) is 1.85. The van der Waals surface area contributed by atoms with Crippen LogP contribution >= 0.6 is 0 Å². The standard InChI is InChI=1S/C5H6F5/c6-2-4(8)3(7)1-5(9)10/h3-4H,1-2H2. The van der Waals surface area contributed by atoms with Gasteiger partial charge in [0.25, 0.3) is 0 Å². The van der Waals surface area contributed by atoms with E-state index in [9.17, 15) is 22.0 Å². The van der Waals surface area contributed by atoms with Crippen molar-refractivity contribution in [1.29, 1.82) is 0 Å². The molecule has 0 saturated heterocycles. The van der Waals surface area contributed by atoms with Gasteiger partial charge in [0.2, 0.25) is 0 Å². The van der Waals surface area contributed by atoms with Crippen LogP contribution in [0.3, 0.4) is 0 Å². The molecule has 0 fully saturated rings. The van der Waals surface area contributed by atoms with Crippen molar-refractivity contribution >= 4 is 0 Å². The molecule has 0 heterocycles. The third kappa shape index (κ3) is 3.63. The molecule has 0 bridgehead atoms. The van der Waals surface area contributed by atoms with E-state index in [1.807, 2.05) is 0 Å². The summed E-state index contributed by atoms with van der Waals surface area (Å²) in [6.07, 6.45) is -8.38. The Hall–Kier alpha value is -0.350. The minimum Gasteiger partial charge on any atom is -0.248 e. The Morgan fingerprint density at radius 3 is 1.90 bits per heavy atom. The molecule has 10 heavy (non-hydrogen) atoms. The second-order valence-corrected chi connectivity index (χ2v) is 1.73. The van der Waals surface area contributed by atoms with E-state index in [0.29, 0.717) is 0 Å². The molecular formula is C5H6F5. The van der Waals surface area contributed by atoms with Crippen molar-refractivity contribution in [3.05, 3.63) is 6.43 Å². The normalized spacial score (nSPS) is 17.4. The Morgan fingerprint density at radius 1 is 1.10 bits per heavy atom. The van der Waals surface area contributed by atoms with Gasteiger partial charge in [0, 0.05) is 0 Å². The first-order chi connectivity index (χ1) is 4.57. The highest BCUT2D eigenvalue weighted by atomic mass is 19.3. The molecule has 0 aliphatic rings. The highest BCUT2D eigenvalue weighted by molar-refractivity contribution is 4.74. The maximum absolute atomic E-state index is 11.9. The number of halogens is 5. The molecule has 0 aromatic heterocycles. The van der Waals surface area contributed by atoms with Gasteiger partial charge in [0.1, 0.15) is 12.8 Å². The molecule has 0 nitrogen and oxygen atoms in total. The van der Waals surface area contributed by atoms with Crippen molar-refractivity contribution in [3.63, 3.8) is 0 Å². The highest BCUT2D eigenvalue weighted by Gasteiger charge is 2.24. The van der Waals surface area contributed by atoms with E-state index < -0.39 is 31.9 Å². The zero-order chi connectivity index (χ0) is 8.15. The van der Waals surface area contributed by atoms with Gasteiger partial charge in [-0.25, -0.2) is 13.2 Å². The van der Waals surface area contributed by atoms with Crippen molar-refractivity contribution in [1.82, 2.24) is 0 Å². The quantitative estimate of drug-likeness (QED) is 0.555. The Labute approximate surface area is 55.0 Å². The lowest BCUT2D eigenvalue weighted by molar-refractivity contribution is 0.105. The molecule has 0 N–H and O–H groups in total. The van der Waals surface area contributed by atoms with Gasteiger partial charge in [0.05, 0.1) is 6.42 Å². The van der Waals surface area contributed by atoms with Gasteiger partial charge >= 0.3 is 6.43 Å². The fourth-order valence-corrected chi connectivity index (χ4v) is 0.372.